The van der Waals surface area contributed by atoms with Gasteiger partial charge in [-0.05, 0) is 12.5 Å². The summed E-state index contributed by atoms with van der Waals surface area (Å²) in [7, 11) is 0. The Morgan fingerprint density at radius 2 is 2.16 bits per heavy atom. The fourth-order valence-electron chi connectivity index (χ4n) is 1.96. The standard InChI is InChI=1S/C11H10F2N2O4/c12-6-3-8(10(13)9(4-6)15(18)19)11(17)14-2-1-7(16)5-14/h3-4,7,16H,1-2,5H2. The average Bonchev–Trinajstić information content (AvgIpc) is 2.77. The molecule has 8 heteroatoms. The van der Waals surface area contributed by atoms with E-state index in [-0.39, 0.29) is 13.1 Å². The van der Waals surface area contributed by atoms with Crippen LogP contribution in [-0.2, 0) is 0 Å². The molecule has 1 unspecified atom stereocenters. The Bertz CT molecular complexity index is 550. The number of hydrogen-bond acceptors (Lipinski definition) is 4. The third kappa shape index (κ3) is 2.53. The van der Waals surface area contributed by atoms with E-state index in [1.54, 1.807) is 0 Å². The van der Waals surface area contributed by atoms with Crippen LogP contribution in [0.1, 0.15) is 16.8 Å². The van der Waals surface area contributed by atoms with Crippen LogP contribution >= 0.6 is 0 Å². The number of rotatable bonds is 2. The summed E-state index contributed by atoms with van der Waals surface area (Å²) in [6.07, 6.45) is -0.374. The van der Waals surface area contributed by atoms with Gasteiger partial charge in [-0.1, -0.05) is 0 Å². The number of hydrogen-bond donors (Lipinski definition) is 1. The maximum Gasteiger partial charge on any atom is 0.308 e. The summed E-state index contributed by atoms with van der Waals surface area (Å²) in [5.74, 6) is -3.29. The van der Waals surface area contributed by atoms with Crippen LogP contribution in [0.4, 0.5) is 14.5 Å². The first-order valence-electron chi connectivity index (χ1n) is 5.51. The van der Waals surface area contributed by atoms with Gasteiger partial charge in [0.15, 0.2) is 0 Å². The number of nitro groups is 1. The van der Waals surface area contributed by atoms with Crippen LogP contribution in [-0.4, -0.2) is 40.0 Å². The van der Waals surface area contributed by atoms with Gasteiger partial charge < -0.3 is 10.0 Å². The molecule has 0 spiro atoms. The molecular weight excluding hydrogens is 262 g/mol. The lowest BCUT2D eigenvalue weighted by Crippen LogP contribution is -2.30. The number of nitro benzene ring substituents is 1. The van der Waals surface area contributed by atoms with E-state index in [4.69, 9.17) is 0 Å². The van der Waals surface area contributed by atoms with Crippen molar-refractivity contribution < 1.29 is 23.6 Å². The number of amides is 1. The van der Waals surface area contributed by atoms with E-state index in [0.717, 1.165) is 4.90 Å². The molecule has 102 valence electrons. The van der Waals surface area contributed by atoms with E-state index in [0.29, 0.717) is 18.6 Å². The zero-order valence-electron chi connectivity index (χ0n) is 9.68. The fourth-order valence-corrected chi connectivity index (χ4v) is 1.96. The first kappa shape index (κ1) is 13.3. The van der Waals surface area contributed by atoms with Crippen molar-refractivity contribution in [3.8, 4) is 0 Å². The molecule has 0 saturated carbocycles. The van der Waals surface area contributed by atoms with E-state index in [1.807, 2.05) is 0 Å². The highest BCUT2D eigenvalue weighted by atomic mass is 19.1. The maximum absolute atomic E-state index is 13.8. The maximum atomic E-state index is 13.8. The summed E-state index contributed by atoms with van der Waals surface area (Å²) in [6.45, 7) is 0.201. The van der Waals surface area contributed by atoms with Crippen molar-refractivity contribution in [2.24, 2.45) is 0 Å². The minimum atomic E-state index is -1.36. The lowest BCUT2D eigenvalue weighted by Gasteiger charge is -2.15. The molecule has 1 heterocycles. The zero-order valence-corrected chi connectivity index (χ0v) is 9.68. The van der Waals surface area contributed by atoms with Crippen LogP contribution < -0.4 is 0 Å². The third-order valence-corrected chi connectivity index (χ3v) is 2.90. The van der Waals surface area contributed by atoms with Crippen molar-refractivity contribution in [2.45, 2.75) is 12.5 Å². The minimum Gasteiger partial charge on any atom is -0.391 e. The van der Waals surface area contributed by atoms with Gasteiger partial charge in [0.1, 0.15) is 5.82 Å². The van der Waals surface area contributed by atoms with Crippen molar-refractivity contribution in [2.75, 3.05) is 13.1 Å². The smallest absolute Gasteiger partial charge is 0.308 e. The van der Waals surface area contributed by atoms with Gasteiger partial charge in [-0.3, -0.25) is 14.9 Å². The Morgan fingerprint density at radius 1 is 1.47 bits per heavy atom. The number of β-amino-alcohol motifs (C(OH)–C–C–N with tert-alkyl or cyclic N) is 1. The molecule has 2 rings (SSSR count). The molecule has 1 aliphatic heterocycles. The number of likely N-dealkylation sites (tertiary alicyclic amines) is 1. The second-order valence-electron chi connectivity index (χ2n) is 4.24. The van der Waals surface area contributed by atoms with Crippen molar-refractivity contribution >= 4 is 11.6 Å². The summed E-state index contributed by atoms with van der Waals surface area (Å²) < 4.78 is 27.0. The lowest BCUT2D eigenvalue weighted by atomic mass is 10.1. The summed E-state index contributed by atoms with van der Waals surface area (Å²) in [5, 5.41) is 19.8. The van der Waals surface area contributed by atoms with E-state index < -0.39 is 39.8 Å². The molecular formula is C11H10F2N2O4. The van der Waals surface area contributed by atoms with Gasteiger partial charge in [0.05, 0.1) is 22.7 Å². The molecule has 6 nitrogen and oxygen atoms in total. The second-order valence-corrected chi connectivity index (χ2v) is 4.24. The van der Waals surface area contributed by atoms with Crippen molar-refractivity contribution in [1.29, 1.82) is 0 Å². The van der Waals surface area contributed by atoms with Crippen molar-refractivity contribution in [1.82, 2.24) is 4.90 Å². The monoisotopic (exact) mass is 272 g/mol. The van der Waals surface area contributed by atoms with Crippen LogP contribution in [0, 0.1) is 21.7 Å². The fraction of sp³-hybridized carbons (Fsp3) is 0.364. The Balaban J connectivity index is 2.39. The highest BCUT2D eigenvalue weighted by Gasteiger charge is 2.30. The largest absolute Gasteiger partial charge is 0.391 e. The van der Waals surface area contributed by atoms with Gasteiger partial charge in [-0.2, -0.15) is 4.39 Å². The number of aliphatic hydroxyl groups excluding tert-OH is 1. The van der Waals surface area contributed by atoms with Gasteiger partial charge in [-0.15, -0.1) is 0 Å². The van der Waals surface area contributed by atoms with Crippen LogP contribution in [0.2, 0.25) is 0 Å². The van der Waals surface area contributed by atoms with Gasteiger partial charge in [-0.25, -0.2) is 4.39 Å². The van der Waals surface area contributed by atoms with Gasteiger partial charge in [0.2, 0.25) is 5.82 Å². The van der Waals surface area contributed by atoms with Crippen LogP contribution in [0.15, 0.2) is 12.1 Å². The highest BCUT2D eigenvalue weighted by molar-refractivity contribution is 5.95. The normalized spacial score (nSPS) is 18.7. The SMILES string of the molecule is O=C(c1cc(F)cc([N+](=O)[O-])c1F)N1CCC(O)C1. The first-order valence-corrected chi connectivity index (χ1v) is 5.51. The molecule has 1 atom stereocenters. The molecule has 0 aromatic heterocycles. The van der Waals surface area contributed by atoms with Crippen molar-refractivity contribution in [3.05, 3.63) is 39.4 Å². The molecule has 19 heavy (non-hydrogen) atoms. The minimum absolute atomic E-state index is 0.00256. The quantitative estimate of drug-likeness (QED) is 0.645. The molecule has 1 fully saturated rings. The Hall–Kier alpha value is -2.09. The number of halogens is 2. The summed E-state index contributed by atoms with van der Waals surface area (Å²) in [5.41, 5.74) is -1.77. The van der Waals surface area contributed by atoms with Gasteiger partial charge in [0, 0.05) is 13.1 Å². The van der Waals surface area contributed by atoms with E-state index in [2.05, 4.69) is 0 Å². The van der Waals surface area contributed by atoms with E-state index in [1.165, 1.54) is 0 Å². The predicted molar refractivity (Wildman–Crippen MR) is 59.5 cm³/mol. The first-order chi connectivity index (χ1) is 8.90. The van der Waals surface area contributed by atoms with Crippen LogP contribution in [0.3, 0.4) is 0 Å². The molecule has 1 aromatic carbocycles. The Morgan fingerprint density at radius 3 is 2.68 bits per heavy atom. The summed E-state index contributed by atoms with van der Waals surface area (Å²) in [4.78, 5) is 22.5. The Kier molecular flexibility index (Phi) is 3.43. The number of aliphatic hydroxyl groups is 1. The zero-order chi connectivity index (χ0) is 14.2. The predicted octanol–water partition coefficient (Wildman–Crippen LogP) is 1.08. The Labute approximate surface area is 106 Å². The molecule has 1 saturated heterocycles. The lowest BCUT2D eigenvalue weighted by molar-refractivity contribution is -0.387. The molecule has 1 N–H and O–H groups in total. The van der Waals surface area contributed by atoms with Gasteiger partial charge >= 0.3 is 5.69 Å². The number of carbonyl (C=O) groups is 1. The molecule has 1 aromatic rings. The van der Waals surface area contributed by atoms with Crippen LogP contribution in [0.5, 0.6) is 0 Å². The summed E-state index contributed by atoms with van der Waals surface area (Å²) >= 11 is 0. The second kappa shape index (κ2) is 4.88. The number of nitrogens with zero attached hydrogens (tertiary/aromatic N) is 2. The topological polar surface area (TPSA) is 83.7 Å². The molecule has 0 radical (unpaired) electrons. The summed E-state index contributed by atoms with van der Waals surface area (Å²) in [6, 6.07) is 1.04. The van der Waals surface area contributed by atoms with Crippen LogP contribution in [0.25, 0.3) is 0 Å². The molecule has 1 aliphatic rings. The molecule has 0 bridgehead atoms. The van der Waals surface area contributed by atoms with E-state index in [9.17, 15) is 28.8 Å². The third-order valence-electron chi connectivity index (χ3n) is 2.90. The molecule has 0 aliphatic carbocycles. The molecule has 1 amide bonds. The number of carbonyl (C=O) groups excluding carboxylic acids is 1. The van der Waals surface area contributed by atoms with Gasteiger partial charge in [0.25, 0.3) is 5.91 Å². The van der Waals surface area contributed by atoms with Crippen molar-refractivity contribution in [3.63, 3.8) is 0 Å². The van der Waals surface area contributed by atoms with E-state index >= 15 is 0 Å². The highest BCUT2D eigenvalue weighted by Crippen LogP contribution is 2.24. The number of benzene rings is 1. The average molecular weight is 272 g/mol.